The second kappa shape index (κ2) is 6.54. The lowest BCUT2D eigenvalue weighted by Crippen LogP contribution is -2.32. The molecule has 2 N–H and O–H groups in total. The van der Waals surface area contributed by atoms with Gasteiger partial charge in [-0.25, -0.2) is 0 Å². The maximum Gasteiger partial charge on any atom is 0.239 e. The Morgan fingerprint density at radius 1 is 1.14 bits per heavy atom. The number of aromatic nitrogens is 1. The summed E-state index contributed by atoms with van der Waals surface area (Å²) < 4.78 is 5.87. The minimum atomic E-state index is -0.291. The molecule has 0 spiro atoms. The van der Waals surface area contributed by atoms with Crippen molar-refractivity contribution in [1.29, 1.82) is 0 Å². The van der Waals surface area contributed by atoms with Crippen molar-refractivity contribution >= 4 is 11.5 Å². The molecule has 118 valence electrons. The highest BCUT2D eigenvalue weighted by atomic mass is 16.5. The molecular weight excluding hydrogens is 262 g/mol. The van der Waals surface area contributed by atoms with Gasteiger partial charge in [0.2, 0.25) is 5.88 Å². The van der Waals surface area contributed by atoms with Crippen molar-refractivity contribution in [1.82, 2.24) is 4.98 Å². The quantitative estimate of drug-likeness (QED) is 0.855. The van der Waals surface area contributed by atoms with E-state index in [4.69, 9.17) is 10.5 Å². The zero-order valence-electron chi connectivity index (χ0n) is 13.9. The predicted molar refractivity (Wildman–Crippen MR) is 88.9 cm³/mol. The van der Waals surface area contributed by atoms with E-state index in [-0.39, 0.29) is 5.60 Å². The second-order valence-corrected chi connectivity index (χ2v) is 7.03. The molecule has 21 heavy (non-hydrogen) atoms. The first kappa shape index (κ1) is 15.9. The average molecular weight is 291 g/mol. The van der Waals surface area contributed by atoms with Crippen LogP contribution >= 0.6 is 0 Å². The van der Waals surface area contributed by atoms with Gasteiger partial charge in [-0.05, 0) is 45.7 Å². The number of nitrogens with zero attached hydrogens (tertiary/aromatic N) is 2. The molecule has 1 aromatic rings. The van der Waals surface area contributed by atoms with Crippen LogP contribution in [-0.2, 0) is 0 Å². The van der Waals surface area contributed by atoms with Crippen molar-refractivity contribution < 1.29 is 4.74 Å². The van der Waals surface area contributed by atoms with Crippen molar-refractivity contribution in [3.63, 3.8) is 0 Å². The van der Waals surface area contributed by atoms with Crippen LogP contribution in [0.4, 0.5) is 11.5 Å². The molecule has 1 aliphatic rings. The first-order valence-corrected chi connectivity index (χ1v) is 8.05. The van der Waals surface area contributed by atoms with E-state index in [1.165, 1.54) is 38.5 Å². The number of pyridine rings is 1. The number of hydrogen-bond donors (Lipinski definition) is 1. The lowest BCUT2D eigenvalue weighted by molar-refractivity contribution is 0.125. The summed E-state index contributed by atoms with van der Waals surface area (Å²) in [6.45, 7) is 6.03. The lowest BCUT2D eigenvalue weighted by Gasteiger charge is -2.29. The van der Waals surface area contributed by atoms with E-state index in [0.29, 0.717) is 17.6 Å². The van der Waals surface area contributed by atoms with E-state index in [1.54, 1.807) is 0 Å². The third-order valence-corrected chi connectivity index (χ3v) is 4.01. The van der Waals surface area contributed by atoms with Crippen LogP contribution in [0.1, 0.15) is 59.3 Å². The Labute approximate surface area is 128 Å². The Bertz CT molecular complexity index is 460. The van der Waals surface area contributed by atoms with Crippen LogP contribution in [0.2, 0.25) is 0 Å². The Balaban J connectivity index is 2.16. The summed E-state index contributed by atoms with van der Waals surface area (Å²) in [5.74, 6) is 1.50. The Hall–Kier alpha value is -1.45. The molecule has 0 unspecified atom stereocenters. The molecule has 0 bridgehead atoms. The van der Waals surface area contributed by atoms with Crippen LogP contribution in [0.25, 0.3) is 0 Å². The summed E-state index contributed by atoms with van der Waals surface area (Å²) in [6.07, 6.45) is 7.84. The van der Waals surface area contributed by atoms with Gasteiger partial charge in [-0.3, -0.25) is 0 Å². The highest BCUT2D eigenvalue weighted by Crippen LogP contribution is 2.29. The summed E-state index contributed by atoms with van der Waals surface area (Å²) in [5, 5.41) is 0. The molecule has 2 rings (SSSR count). The smallest absolute Gasteiger partial charge is 0.239 e. The van der Waals surface area contributed by atoms with Crippen molar-refractivity contribution in [2.24, 2.45) is 0 Å². The summed E-state index contributed by atoms with van der Waals surface area (Å²) in [7, 11) is 2.13. The highest BCUT2D eigenvalue weighted by molar-refractivity contribution is 5.54. The van der Waals surface area contributed by atoms with Crippen LogP contribution in [-0.4, -0.2) is 23.7 Å². The van der Waals surface area contributed by atoms with Gasteiger partial charge in [0.25, 0.3) is 0 Å². The molecule has 1 fully saturated rings. The van der Waals surface area contributed by atoms with E-state index >= 15 is 0 Å². The van der Waals surface area contributed by atoms with Crippen LogP contribution < -0.4 is 15.4 Å². The van der Waals surface area contributed by atoms with Gasteiger partial charge in [-0.1, -0.05) is 25.7 Å². The third kappa shape index (κ3) is 4.51. The van der Waals surface area contributed by atoms with Gasteiger partial charge >= 0.3 is 0 Å². The highest BCUT2D eigenvalue weighted by Gasteiger charge is 2.20. The molecule has 0 aromatic carbocycles. The largest absolute Gasteiger partial charge is 0.470 e. The molecule has 0 saturated heterocycles. The number of nitrogen functional groups attached to an aromatic ring is 1. The molecule has 0 radical (unpaired) electrons. The van der Waals surface area contributed by atoms with Crippen molar-refractivity contribution in [2.75, 3.05) is 17.7 Å². The number of anilines is 2. The fourth-order valence-corrected chi connectivity index (χ4v) is 2.84. The summed E-state index contributed by atoms with van der Waals surface area (Å²) in [4.78, 5) is 6.93. The van der Waals surface area contributed by atoms with Crippen LogP contribution in [0.3, 0.4) is 0 Å². The normalized spacial score (nSPS) is 17.3. The zero-order chi connectivity index (χ0) is 15.5. The molecule has 0 amide bonds. The Kier molecular flexibility index (Phi) is 4.96. The van der Waals surface area contributed by atoms with Gasteiger partial charge in [0.05, 0.1) is 5.69 Å². The number of rotatable bonds is 3. The van der Waals surface area contributed by atoms with Crippen molar-refractivity contribution in [3.05, 3.63) is 12.1 Å². The standard InChI is InChI=1S/C17H29N3O/c1-17(2,3)21-16-14(18)11-12-15(19-16)20(4)13-9-7-5-6-8-10-13/h11-13H,5-10,18H2,1-4H3. The maximum atomic E-state index is 5.99. The molecule has 1 saturated carbocycles. The van der Waals surface area contributed by atoms with Gasteiger partial charge < -0.3 is 15.4 Å². The van der Waals surface area contributed by atoms with Gasteiger partial charge in [-0.15, -0.1) is 0 Å². The van der Waals surface area contributed by atoms with Gasteiger partial charge in [-0.2, -0.15) is 4.98 Å². The molecule has 0 aliphatic heterocycles. The molecular formula is C17H29N3O. The maximum absolute atomic E-state index is 5.99. The summed E-state index contributed by atoms with van der Waals surface area (Å²) >= 11 is 0. The molecule has 1 heterocycles. The SMILES string of the molecule is CN(c1ccc(N)c(OC(C)(C)C)n1)C1CCCCCC1. The second-order valence-electron chi connectivity index (χ2n) is 7.03. The topological polar surface area (TPSA) is 51.4 Å². The molecule has 0 atom stereocenters. The summed E-state index contributed by atoms with van der Waals surface area (Å²) in [6, 6.07) is 4.47. The first-order chi connectivity index (χ1) is 9.87. The third-order valence-electron chi connectivity index (χ3n) is 4.01. The fourth-order valence-electron chi connectivity index (χ4n) is 2.84. The van der Waals surface area contributed by atoms with Crippen LogP contribution in [0.5, 0.6) is 5.88 Å². The Morgan fingerprint density at radius 3 is 2.33 bits per heavy atom. The lowest BCUT2D eigenvalue weighted by atomic mass is 10.1. The summed E-state index contributed by atoms with van der Waals surface area (Å²) in [5.41, 5.74) is 6.30. The van der Waals surface area contributed by atoms with E-state index in [1.807, 2.05) is 32.9 Å². The first-order valence-electron chi connectivity index (χ1n) is 8.05. The number of hydrogen-bond acceptors (Lipinski definition) is 4. The molecule has 1 aliphatic carbocycles. The number of nitrogens with two attached hydrogens (primary N) is 1. The monoisotopic (exact) mass is 291 g/mol. The average Bonchev–Trinajstić information content (AvgIpc) is 2.68. The van der Waals surface area contributed by atoms with E-state index in [9.17, 15) is 0 Å². The molecule has 1 aromatic heterocycles. The van der Waals surface area contributed by atoms with Gasteiger partial charge in [0.1, 0.15) is 11.4 Å². The van der Waals surface area contributed by atoms with E-state index in [0.717, 1.165) is 5.82 Å². The van der Waals surface area contributed by atoms with E-state index in [2.05, 4.69) is 16.9 Å². The van der Waals surface area contributed by atoms with Crippen LogP contribution in [0.15, 0.2) is 12.1 Å². The van der Waals surface area contributed by atoms with Gasteiger partial charge in [0.15, 0.2) is 0 Å². The van der Waals surface area contributed by atoms with Crippen molar-refractivity contribution in [3.8, 4) is 5.88 Å². The predicted octanol–water partition coefficient (Wildman–Crippen LogP) is 4.00. The minimum absolute atomic E-state index is 0.291. The minimum Gasteiger partial charge on any atom is -0.470 e. The fraction of sp³-hybridized carbons (Fsp3) is 0.706. The Morgan fingerprint density at radius 2 is 1.76 bits per heavy atom. The van der Waals surface area contributed by atoms with Crippen molar-refractivity contribution in [2.45, 2.75) is 70.9 Å². The van der Waals surface area contributed by atoms with Gasteiger partial charge in [0, 0.05) is 13.1 Å². The van der Waals surface area contributed by atoms with Crippen LogP contribution in [0, 0.1) is 0 Å². The van der Waals surface area contributed by atoms with E-state index < -0.39 is 0 Å². The zero-order valence-corrected chi connectivity index (χ0v) is 13.9. The molecule has 4 heteroatoms. The molecule has 4 nitrogen and oxygen atoms in total. The number of ether oxygens (including phenoxy) is 1.